The Bertz CT molecular complexity index is 798. The molecule has 0 aliphatic carbocycles. The van der Waals surface area contributed by atoms with Gasteiger partial charge < -0.3 is 30.0 Å². The summed E-state index contributed by atoms with van der Waals surface area (Å²) in [7, 11) is 1.40. The fourth-order valence-corrected chi connectivity index (χ4v) is 2.74. The highest BCUT2D eigenvalue weighted by molar-refractivity contribution is 5.85. The number of nitrogens with one attached hydrogen (secondary N) is 2. The van der Waals surface area contributed by atoms with E-state index in [2.05, 4.69) is 17.2 Å². The molecule has 3 N–H and O–H groups in total. The summed E-state index contributed by atoms with van der Waals surface area (Å²) in [5, 5.41) is 14.0. The van der Waals surface area contributed by atoms with Gasteiger partial charge in [-0.2, -0.15) is 0 Å². The molecular weight excluding hydrogens is 368 g/mol. The van der Waals surface area contributed by atoms with E-state index in [9.17, 15) is 14.4 Å². The molecule has 2 rings (SSSR count). The molecule has 2 atom stereocenters. The van der Waals surface area contributed by atoms with E-state index < -0.39 is 42.1 Å². The average Bonchev–Trinajstić information content (AvgIpc) is 2.57. The third-order valence-corrected chi connectivity index (χ3v) is 3.83. The number of amides is 2. The first-order valence-corrected chi connectivity index (χ1v) is 8.53. The number of carbonyl (C=O) groups is 3. The number of methoxy groups -OCH3 is 1. The van der Waals surface area contributed by atoms with Gasteiger partial charge in [0.1, 0.15) is 11.5 Å². The van der Waals surface area contributed by atoms with Crippen molar-refractivity contribution in [3.8, 4) is 11.5 Å². The molecule has 1 aromatic rings. The van der Waals surface area contributed by atoms with Gasteiger partial charge >= 0.3 is 18.0 Å². The molecule has 0 bridgehead atoms. The van der Waals surface area contributed by atoms with Gasteiger partial charge in [-0.05, 0) is 38.5 Å². The monoisotopic (exact) mass is 392 g/mol. The Labute approximate surface area is 162 Å². The van der Waals surface area contributed by atoms with E-state index in [1.54, 1.807) is 32.9 Å². The van der Waals surface area contributed by atoms with Crippen molar-refractivity contribution >= 4 is 18.0 Å². The van der Waals surface area contributed by atoms with E-state index in [-0.39, 0.29) is 17.2 Å². The van der Waals surface area contributed by atoms with E-state index in [0.29, 0.717) is 5.56 Å². The number of benzene rings is 1. The number of hydrogen-bond donors (Lipinski definition) is 3. The number of ether oxygens (including phenoxy) is 3. The SMILES string of the molecule is C=C1NC(=O)N[C@@H](c2ccc(OCC(=O)O)c(OC)c2)[C@@H]1C(=O)OC(C)(C)C. The van der Waals surface area contributed by atoms with Crippen molar-refractivity contribution in [1.82, 2.24) is 10.6 Å². The highest BCUT2D eigenvalue weighted by atomic mass is 16.6. The lowest BCUT2D eigenvalue weighted by Crippen LogP contribution is -2.51. The maximum atomic E-state index is 12.7. The molecule has 2 amide bonds. The van der Waals surface area contributed by atoms with Gasteiger partial charge in [0.05, 0.1) is 13.2 Å². The number of rotatable bonds is 6. The zero-order valence-electron chi connectivity index (χ0n) is 16.2. The second-order valence-electron chi connectivity index (χ2n) is 7.21. The van der Waals surface area contributed by atoms with Crippen LogP contribution >= 0.6 is 0 Å². The summed E-state index contributed by atoms with van der Waals surface area (Å²) in [6.45, 7) is 8.49. The minimum Gasteiger partial charge on any atom is -0.493 e. The topological polar surface area (TPSA) is 123 Å². The van der Waals surface area contributed by atoms with Gasteiger partial charge in [-0.25, -0.2) is 9.59 Å². The van der Waals surface area contributed by atoms with Crippen LogP contribution in [0.5, 0.6) is 11.5 Å². The molecule has 1 saturated heterocycles. The van der Waals surface area contributed by atoms with Gasteiger partial charge in [0.2, 0.25) is 0 Å². The lowest BCUT2D eigenvalue weighted by atomic mass is 9.88. The lowest BCUT2D eigenvalue weighted by Gasteiger charge is -2.35. The summed E-state index contributed by atoms with van der Waals surface area (Å²) < 4.78 is 15.9. The number of esters is 1. The van der Waals surface area contributed by atoms with Crippen LogP contribution in [0.15, 0.2) is 30.5 Å². The molecule has 1 aliphatic heterocycles. The predicted octanol–water partition coefficient (Wildman–Crippen LogP) is 1.98. The fraction of sp³-hybridized carbons (Fsp3) is 0.421. The number of carbonyl (C=O) groups excluding carboxylic acids is 2. The molecule has 0 radical (unpaired) electrons. The van der Waals surface area contributed by atoms with Crippen LogP contribution in [-0.2, 0) is 14.3 Å². The van der Waals surface area contributed by atoms with Crippen molar-refractivity contribution in [2.24, 2.45) is 5.92 Å². The molecule has 0 aromatic heterocycles. The van der Waals surface area contributed by atoms with Crippen LogP contribution in [0.3, 0.4) is 0 Å². The van der Waals surface area contributed by atoms with Crippen LogP contribution < -0.4 is 20.1 Å². The highest BCUT2D eigenvalue weighted by Gasteiger charge is 2.40. The Morgan fingerprint density at radius 2 is 1.93 bits per heavy atom. The summed E-state index contributed by atoms with van der Waals surface area (Å²) in [6.07, 6.45) is 0. The van der Waals surface area contributed by atoms with Crippen molar-refractivity contribution in [2.75, 3.05) is 13.7 Å². The summed E-state index contributed by atoms with van der Waals surface area (Å²) in [5.74, 6) is -2.05. The number of aliphatic carboxylic acids is 1. The third-order valence-electron chi connectivity index (χ3n) is 3.83. The van der Waals surface area contributed by atoms with Crippen molar-refractivity contribution in [1.29, 1.82) is 0 Å². The summed E-state index contributed by atoms with van der Waals surface area (Å²) in [4.78, 5) is 35.4. The number of hydrogen-bond acceptors (Lipinski definition) is 6. The molecule has 9 heteroatoms. The molecule has 28 heavy (non-hydrogen) atoms. The predicted molar refractivity (Wildman–Crippen MR) is 99.0 cm³/mol. The van der Waals surface area contributed by atoms with Gasteiger partial charge in [0.25, 0.3) is 0 Å². The maximum absolute atomic E-state index is 12.7. The Hall–Kier alpha value is -3.23. The second-order valence-corrected chi connectivity index (χ2v) is 7.21. The van der Waals surface area contributed by atoms with Gasteiger partial charge in [-0.15, -0.1) is 0 Å². The molecule has 1 aliphatic rings. The number of urea groups is 1. The van der Waals surface area contributed by atoms with E-state index in [4.69, 9.17) is 19.3 Å². The van der Waals surface area contributed by atoms with Crippen LogP contribution in [0.4, 0.5) is 4.79 Å². The third kappa shape index (κ3) is 5.15. The first kappa shape index (κ1) is 21.1. The first-order chi connectivity index (χ1) is 13.0. The van der Waals surface area contributed by atoms with E-state index in [1.807, 2.05) is 0 Å². The molecule has 1 fully saturated rings. The number of carboxylic acids is 1. The molecule has 0 unspecified atom stereocenters. The highest BCUT2D eigenvalue weighted by Crippen LogP contribution is 2.36. The molecule has 152 valence electrons. The van der Waals surface area contributed by atoms with Crippen molar-refractivity contribution in [2.45, 2.75) is 32.4 Å². The summed E-state index contributed by atoms with van der Waals surface area (Å²) >= 11 is 0. The smallest absolute Gasteiger partial charge is 0.341 e. The van der Waals surface area contributed by atoms with Crippen molar-refractivity contribution in [3.63, 3.8) is 0 Å². The van der Waals surface area contributed by atoms with Gasteiger partial charge in [0, 0.05) is 5.70 Å². The molecule has 0 saturated carbocycles. The maximum Gasteiger partial charge on any atom is 0.341 e. The summed E-state index contributed by atoms with van der Waals surface area (Å²) in [6, 6.07) is 3.44. The zero-order chi connectivity index (χ0) is 21.1. The van der Waals surface area contributed by atoms with Crippen LogP contribution in [0, 0.1) is 5.92 Å². The molecule has 9 nitrogen and oxygen atoms in total. The molecule has 1 heterocycles. The minimum absolute atomic E-state index is 0.216. The van der Waals surface area contributed by atoms with E-state index in [0.717, 1.165) is 0 Å². The fourth-order valence-electron chi connectivity index (χ4n) is 2.74. The van der Waals surface area contributed by atoms with Crippen LogP contribution in [0.2, 0.25) is 0 Å². The van der Waals surface area contributed by atoms with Crippen molar-refractivity contribution < 1.29 is 33.7 Å². The molecular formula is C19H24N2O7. The Morgan fingerprint density at radius 1 is 1.25 bits per heavy atom. The first-order valence-electron chi connectivity index (χ1n) is 8.53. The normalized spacial score (nSPS) is 19.3. The lowest BCUT2D eigenvalue weighted by molar-refractivity contribution is -0.159. The second kappa shape index (κ2) is 8.20. The van der Waals surface area contributed by atoms with Gasteiger partial charge in [-0.1, -0.05) is 12.6 Å². The number of carboxylic acid groups (broad SMARTS) is 1. The molecule has 1 aromatic carbocycles. The van der Waals surface area contributed by atoms with Crippen LogP contribution in [0.1, 0.15) is 32.4 Å². The van der Waals surface area contributed by atoms with Gasteiger partial charge in [-0.3, -0.25) is 4.79 Å². The quantitative estimate of drug-likeness (QED) is 0.633. The summed E-state index contributed by atoms with van der Waals surface area (Å²) in [5.41, 5.74) is 0.0508. The Morgan fingerprint density at radius 3 is 2.50 bits per heavy atom. The van der Waals surface area contributed by atoms with Gasteiger partial charge in [0.15, 0.2) is 18.1 Å². The van der Waals surface area contributed by atoms with Crippen molar-refractivity contribution in [3.05, 3.63) is 36.0 Å². The minimum atomic E-state index is -1.13. The standard InChI is InChI=1S/C19H24N2O7/c1-10-15(17(24)28-19(2,3)4)16(21-18(25)20-10)11-6-7-12(13(8-11)26-5)27-9-14(22)23/h6-8,15-16H,1,9H2,2-5H3,(H,22,23)(H2,20,21,25)/t15-,16+/m1/s1. The van der Waals surface area contributed by atoms with E-state index >= 15 is 0 Å². The molecule has 0 spiro atoms. The van der Waals surface area contributed by atoms with E-state index in [1.165, 1.54) is 13.2 Å². The largest absolute Gasteiger partial charge is 0.493 e. The van der Waals surface area contributed by atoms with Crippen LogP contribution in [0.25, 0.3) is 0 Å². The average molecular weight is 392 g/mol. The Balaban J connectivity index is 2.37. The Kier molecular flexibility index (Phi) is 6.17. The van der Waals surface area contributed by atoms with Crippen LogP contribution in [-0.4, -0.2) is 42.4 Å². The zero-order valence-corrected chi connectivity index (χ0v) is 16.2.